The molecule has 2 aromatic carbocycles. The normalized spacial score (nSPS) is 22.9. The standard InChI is InChI=1S/C23H24F6N2O/c1-14(15-11-17(22(24,25)26)13-18(12-15)23(27,28)29)20(32)31-21(9-7-19(30)8-10-21)16-5-3-2-4-6-16/h2-6,11-14,19H,7-10,30H2,1H3,(H,31,32)/t14-,19?,21?/m0/s1. The molecule has 0 unspecified atom stereocenters. The van der Waals surface area contributed by atoms with Crippen molar-refractivity contribution in [2.24, 2.45) is 5.73 Å². The molecular formula is C23H24F6N2O. The number of halogens is 6. The van der Waals surface area contributed by atoms with Crippen LogP contribution in [0.5, 0.6) is 0 Å². The average molecular weight is 458 g/mol. The molecule has 1 amide bonds. The van der Waals surface area contributed by atoms with Crippen LogP contribution in [0.25, 0.3) is 0 Å². The van der Waals surface area contributed by atoms with Gasteiger partial charge in [0.25, 0.3) is 0 Å². The first-order chi connectivity index (χ1) is 14.8. The van der Waals surface area contributed by atoms with Crippen molar-refractivity contribution < 1.29 is 31.1 Å². The van der Waals surface area contributed by atoms with Crippen molar-refractivity contribution in [3.05, 3.63) is 70.8 Å². The van der Waals surface area contributed by atoms with Gasteiger partial charge in [0.2, 0.25) is 5.91 Å². The fourth-order valence-electron chi connectivity index (χ4n) is 4.10. The molecule has 0 bridgehead atoms. The summed E-state index contributed by atoms with van der Waals surface area (Å²) in [5.41, 5.74) is 2.82. The fraction of sp³-hybridized carbons (Fsp3) is 0.435. The summed E-state index contributed by atoms with van der Waals surface area (Å²) in [6, 6.07) is 10.4. The van der Waals surface area contributed by atoms with E-state index in [-0.39, 0.29) is 17.7 Å². The van der Waals surface area contributed by atoms with E-state index in [0.29, 0.717) is 37.8 Å². The van der Waals surface area contributed by atoms with Crippen LogP contribution < -0.4 is 11.1 Å². The molecule has 32 heavy (non-hydrogen) atoms. The first-order valence-electron chi connectivity index (χ1n) is 10.2. The highest BCUT2D eigenvalue weighted by atomic mass is 19.4. The van der Waals surface area contributed by atoms with Gasteiger partial charge in [-0.05, 0) is 61.9 Å². The second kappa shape index (κ2) is 8.77. The van der Waals surface area contributed by atoms with Crippen molar-refractivity contribution in [1.29, 1.82) is 0 Å². The summed E-state index contributed by atoms with van der Waals surface area (Å²) in [7, 11) is 0. The van der Waals surface area contributed by atoms with Crippen molar-refractivity contribution in [2.45, 2.75) is 62.5 Å². The van der Waals surface area contributed by atoms with Crippen molar-refractivity contribution >= 4 is 5.91 Å². The summed E-state index contributed by atoms with van der Waals surface area (Å²) >= 11 is 0. The molecule has 9 heteroatoms. The van der Waals surface area contributed by atoms with Crippen LogP contribution in [0, 0.1) is 0 Å². The summed E-state index contributed by atoms with van der Waals surface area (Å²) in [4.78, 5) is 13.1. The lowest BCUT2D eigenvalue weighted by Crippen LogP contribution is -2.51. The molecule has 0 radical (unpaired) electrons. The summed E-state index contributed by atoms with van der Waals surface area (Å²) in [5.74, 6) is -1.87. The van der Waals surface area contributed by atoms with Gasteiger partial charge in [-0.1, -0.05) is 30.3 Å². The monoisotopic (exact) mass is 458 g/mol. The maximum Gasteiger partial charge on any atom is 0.416 e. The zero-order valence-electron chi connectivity index (χ0n) is 17.4. The van der Waals surface area contributed by atoms with Crippen LogP contribution in [-0.4, -0.2) is 11.9 Å². The predicted molar refractivity (Wildman–Crippen MR) is 108 cm³/mol. The van der Waals surface area contributed by atoms with Crippen LogP contribution in [-0.2, 0) is 22.7 Å². The van der Waals surface area contributed by atoms with Crippen molar-refractivity contribution in [3.63, 3.8) is 0 Å². The van der Waals surface area contributed by atoms with Gasteiger partial charge >= 0.3 is 12.4 Å². The number of carbonyl (C=O) groups excluding carboxylic acids is 1. The number of nitrogens with one attached hydrogen (secondary N) is 1. The van der Waals surface area contributed by atoms with E-state index in [1.54, 1.807) is 0 Å². The highest BCUT2D eigenvalue weighted by Crippen LogP contribution is 2.40. The van der Waals surface area contributed by atoms with Crippen molar-refractivity contribution in [1.82, 2.24) is 5.32 Å². The zero-order valence-corrected chi connectivity index (χ0v) is 17.4. The van der Waals surface area contributed by atoms with Crippen LogP contribution in [0.15, 0.2) is 48.5 Å². The van der Waals surface area contributed by atoms with Gasteiger partial charge in [-0.2, -0.15) is 26.3 Å². The highest BCUT2D eigenvalue weighted by molar-refractivity contribution is 5.84. The van der Waals surface area contributed by atoms with Crippen LogP contribution >= 0.6 is 0 Å². The molecule has 3 rings (SSSR count). The summed E-state index contributed by atoms with van der Waals surface area (Å²) in [5, 5.41) is 2.93. The van der Waals surface area contributed by atoms with Gasteiger partial charge < -0.3 is 11.1 Å². The van der Waals surface area contributed by atoms with Gasteiger partial charge in [-0.25, -0.2) is 0 Å². The molecule has 0 saturated heterocycles. The molecule has 1 fully saturated rings. The Kier molecular flexibility index (Phi) is 6.60. The first kappa shape index (κ1) is 24.1. The van der Waals surface area contributed by atoms with Gasteiger partial charge in [0, 0.05) is 6.04 Å². The van der Waals surface area contributed by atoms with Gasteiger partial charge in [0.15, 0.2) is 0 Å². The molecular weight excluding hydrogens is 434 g/mol. The maximum absolute atomic E-state index is 13.2. The maximum atomic E-state index is 13.2. The molecule has 3 nitrogen and oxygen atoms in total. The predicted octanol–water partition coefficient (Wildman–Crippen LogP) is 5.74. The zero-order chi connectivity index (χ0) is 23.7. The minimum Gasteiger partial charge on any atom is -0.346 e. The molecule has 1 atom stereocenters. The molecule has 0 heterocycles. The van der Waals surface area contributed by atoms with Crippen LogP contribution in [0.4, 0.5) is 26.3 Å². The van der Waals surface area contributed by atoms with Gasteiger partial charge in [0.1, 0.15) is 0 Å². The molecule has 1 aliphatic rings. The SMILES string of the molecule is C[C@H](C(=O)NC1(c2ccccc2)CCC(N)CC1)c1cc(C(F)(F)F)cc(C(F)(F)F)c1. The van der Waals surface area contributed by atoms with Gasteiger partial charge in [-0.15, -0.1) is 0 Å². The molecule has 1 aliphatic carbocycles. The topological polar surface area (TPSA) is 55.1 Å². The van der Waals surface area contributed by atoms with Gasteiger partial charge in [-0.3, -0.25) is 4.79 Å². The summed E-state index contributed by atoms with van der Waals surface area (Å²) in [6.07, 6.45) is -7.65. The number of carbonyl (C=O) groups is 1. The molecule has 0 aliphatic heterocycles. The number of alkyl halides is 6. The van der Waals surface area contributed by atoms with Crippen LogP contribution in [0.1, 0.15) is 60.8 Å². The van der Waals surface area contributed by atoms with E-state index in [2.05, 4.69) is 5.32 Å². The van der Waals surface area contributed by atoms with E-state index in [4.69, 9.17) is 5.73 Å². The molecule has 0 aromatic heterocycles. The second-order valence-electron chi connectivity index (χ2n) is 8.34. The smallest absolute Gasteiger partial charge is 0.346 e. The van der Waals surface area contributed by atoms with E-state index in [1.807, 2.05) is 30.3 Å². The second-order valence-corrected chi connectivity index (χ2v) is 8.34. The quantitative estimate of drug-likeness (QED) is 0.574. The van der Waals surface area contributed by atoms with Crippen LogP contribution in [0.3, 0.4) is 0 Å². The fourth-order valence-corrected chi connectivity index (χ4v) is 4.10. The first-order valence-corrected chi connectivity index (χ1v) is 10.2. The third-order valence-corrected chi connectivity index (χ3v) is 6.08. The Morgan fingerprint density at radius 1 is 0.969 bits per heavy atom. The largest absolute Gasteiger partial charge is 0.416 e. The molecule has 0 spiro atoms. The number of nitrogens with two attached hydrogens (primary N) is 1. The molecule has 2 aromatic rings. The lowest BCUT2D eigenvalue weighted by atomic mass is 9.74. The van der Waals surface area contributed by atoms with Crippen LogP contribution in [0.2, 0.25) is 0 Å². The third kappa shape index (κ3) is 5.26. The Balaban J connectivity index is 1.95. The Morgan fingerprint density at radius 2 is 1.47 bits per heavy atom. The van der Waals surface area contributed by atoms with Crippen molar-refractivity contribution in [3.8, 4) is 0 Å². The minimum absolute atomic E-state index is 0.0287. The highest BCUT2D eigenvalue weighted by Gasteiger charge is 2.40. The van der Waals surface area contributed by atoms with E-state index in [0.717, 1.165) is 5.56 Å². The number of hydrogen-bond donors (Lipinski definition) is 2. The third-order valence-electron chi connectivity index (χ3n) is 6.08. The minimum atomic E-state index is -4.98. The van der Waals surface area contributed by atoms with E-state index in [1.165, 1.54) is 6.92 Å². The number of amides is 1. The van der Waals surface area contributed by atoms with E-state index in [9.17, 15) is 31.1 Å². The van der Waals surface area contributed by atoms with E-state index < -0.39 is 40.8 Å². The van der Waals surface area contributed by atoms with Crippen molar-refractivity contribution in [2.75, 3.05) is 0 Å². The number of hydrogen-bond acceptors (Lipinski definition) is 2. The lowest BCUT2D eigenvalue weighted by molar-refractivity contribution is -0.143. The molecule has 3 N–H and O–H groups in total. The number of benzene rings is 2. The van der Waals surface area contributed by atoms with E-state index >= 15 is 0 Å². The Hall–Kier alpha value is -2.55. The Labute approximate surface area is 182 Å². The number of rotatable bonds is 4. The average Bonchev–Trinajstić information content (AvgIpc) is 2.74. The molecule has 1 saturated carbocycles. The Bertz CT molecular complexity index is 915. The summed E-state index contributed by atoms with van der Waals surface area (Å²) in [6.45, 7) is 1.30. The summed E-state index contributed by atoms with van der Waals surface area (Å²) < 4.78 is 79.3. The van der Waals surface area contributed by atoms with Gasteiger partial charge in [0.05, 0.1) is 22.6 Å². The Morgan fingerprint density at radius 3 is 1.94 bits per heavy atom. The molecule has 174 valence electrons. The lowest BCUT2D eigenvalue weighted by Gasteiger charge is -2.41.